The second kappa shape index (κ2) is 6.22. The van der Waals surface area contributed by atoms with Gasteiger partial charge in [-0.2, -0.15) is 0 Å². The Morgan fingerprint density at radius 3 is 2.62 bits per heavy atom. The van der Waals surface area contributed by atoms with Gasteiger partial charge in [0, 0.05) is 11.5 Å². The molecule has 0 spiro atoms. The summed E-state index contributed by atoms with van der Waals surface area (Å²) in [5.74, 6) is 0.998. The first kappa shape index (κ1) is 17.3. The summed E-state index contributed by atoms with van der Waals surface area (Å²) in [7, 11) is 0. The van der Waals surface area contributed by atoms with Gasteiger partial charge in [0.15, 0.2) is 0 Å². The Morgan fingerprint density at radius 1 is 1.12 bits per heavy atom. The molecule has 1 aliphatic carbocycles. The number of halogens is 1. The molecule has 0 saturated heterocycles. The summed E-state index contributed by atoms with van der Waals surface area (Å²) < 4.78 is 10.5. The number of fused-ring (bicyclic) bond motifs is 5. The van der Waals surface area contributed by atoms with Crippen LogP contribution in [0.4, 0.5) is 0 Å². The molecule has 4 nitrogen and oxygen atoms in total. The van der Waals surface area contributed by atoms with E-state index in [0.29, 0.717) is 6.61 Å². The number of rotatable bonds is 1. The van der Waals surface area contributed by atoms with Crippen molar-refractivity contribution in [1.29, 1.82) is 0 Å². The van der Waals surface area contributed by atoms with Gasteiger partial charge >= 0.3 is 5.82 Å². The van der Waals surface area contributed by atoms with Crippen molar-refractivity contribution in [3.05, 3.63) is 76.4 Å². The predicted molar refractivity (Wildman–Crippen MR) is 94.8 cm³/mol. The second-order valence-electron chi connectivity index (χ2n) is 7.33. The summed E-state index contributed by atoms with van der Waals surface area (Å²) in [4.78, 5) is 0. The molecule has 5 rings (SSSR count). The van der Waals surface area contributed by atoms with Gasteiger partial charge in [-0.05, 0) is 43.0 Å². The van der Waals surface area contributed by atoms with Gasteiger partial charge in [-0.3, -0.25) is 0 Å². The van der Waals surface area contributed by atoms with E-state index >= 15 is 0 Å². The van der Waals surface area contributed by atoms with E-state index in [0.717, 1.165) is 12.2 Å². The van der Waals surface area contributed by atoms with E-state index in [4.69, 9.17) is 9.84 Å². The van der Waals surface area contributed by atoms with Gasteiger partial charge in [0.1, 0.15) is 24.4 Å². The van der Waals surface area contributed by atoms with Crippen LogP contribution in [0.2, 0.25) is 0 Å². The van der Waals surface area contributed by atoms with Gasteiger partial charge in [0.05, 0.1) is 0 Å². The third-order valence-corrected chi connectivity index (χ3v) is 5.49. The van der Waals surface area contributed by atoms with Crippen LogP contribution < -0.4 is 17.0 Å². The highest BCUT2D eigenvalue weighted by atomic mass is 35.5. The molecule has 2 aliphatic rings. The van der Waals surface area contributed by atoms with Crippen LogP contribution in [0.5, 0.6) is 0 Å². The quantitative estimate of drug-likeness (QED) is 0.573. The Labute approximate surface area is 159 Å². The molecule has 1 unspecified atom stereocenters. The lowest BCUT2D eigenvalue weighted by molar-refractivity contribution is -0.739. The van der Waals surface area contributed by atoms with Crippen LogP contribution >= 0.6 is 0 Å². The van der Waals surface area contributed by atoms with E-state index < -0.39 is 0 Å². The summed E-state index contributed by atoms with van der Waals surface area (Å²) in [6.07, 6.45) is 3.36. The van der Waals surface area contributed by atoms with Crippen molar-refractivity contribution >= 4 is 0 Å². The maximum atomic E-state index is 6.14. The monoisotopic (exact) mass is 367 g/mol. The minimum absolute atomic E-state index is 0. The fourth-order valence-electron chi connectivity index (χ4n) is 4.56. The SMILES string of the molecule is Cc1cc(C)c(-n2c[n+]3c(n2)CO[C@H]2Cc4ccccc4C23)c(C)c1.[Cl-]. The minimum atomic E-state index is 0. The van der Waals surface area contributed by atoms with Crippen molar-refractivity contribution in [2.45, 2.75) is 45.9 Å². The van der Waals surface area contributed by atoms with Gasteiger partial charge < -0.3 is 17.1 Å². The molecule has 0 fully saturated rings. The Bertz CT molecular complexity index is 972. The molecular weight excluding hydrogens is 346 g/mol. The number of ether oxygens (including phenoxy) is 1. The zero-order valence-corrected chi connectivity index (χ0v) is 16.0. The van der Waals surface area contributed by atoms with E-state index in [1.165, 1.54) is 33.5 Å². The molecule has 1 aromatic heterocycles. The first-order valence-corrected chi connectivity index (χ1v) is 8.89. The van der Waals surface area contributed by atoms with E-state index in [1.54, 1.807) is 0 Å². The van der Waals surface area contributed by atoms with Gasteiger partial charge in [0.25, 0.3) is 0 Å². The molecule has 0 N–H and O–H groups in total. The molecule has 2 aromatic carbocycles. The maximum Gasteiger partial charge on any atom is 0.304 e. The van der Waals surface area contributed by atoms with Gasteiger partial charge in [-0.1, -0.05) is 46.6 Å². The molecule has 5 heteroatoms. The molecule has 134 valence electrons. The molecule has 26 heavy (non-hydrogen) atoms. The molecule has 0 bridgehead atoms. The maximum absolute atomic E-state index is 6.14. The zero-order valence-electron chi connectivity index (χ0n) is 15.2. The van der Waals surface area contributed by atoms with Crippen LogP contribution in [0, 0.1) is 20.8 Å². The van der Waals surface area contributed by atoms with Crippen molar-refractivity contribution in [2.24, 2.45) is 0 Å². The first-order chi connectivity index (χ1) is 12.1. The molecular formula is C21H22ClN3O. The summed E-state index contributed by atoms with van der Waals surface area (Å²) in [5, 5.41) is 4.86. The summed E-state index contributed by atoms with van der Waals surface area (Å²) >= 11 is 0. The van der Waals surface area contributed by atoms with E-state index in [-0.39, 0.29) is 24.6 Å². The number of benzene rings is 2. The molecule has 0 saturated carbocycles. The predicted octanol–water partition coefficient (Wildman–Crippen LogP) is 0.133. The Kier molecular flexibility index (Phi) is 4.13. The Morgan fingerprint density at radius 2 is 1.85 bits per heavy atom. The summed E-state index contributed by atoms with van der Waals surface area (Å²) in [5.41, 5.74) is 7.74. The summed E-state index contributed by atoms with van der Waals surface area (Å²) in [6.45, 7) is 7.03. The fraction of sp³-hybridized carbons (Fsp3) is 0.333. The zero-order chi connectivity index (χ0) is 17.1. The number of hydrogen-bond donors (Lipinski definition) is 0. The third kappa shape index (κ3) is 2.48. The highest BCUT2D eigenvalue weighted by Gasteiger charge is 2.43. The van der Waals surface area contributed by atoms with Gasteiger partial charge in [0.2, 0.25) is 6.33 Å². The number of hydrogen-bond acceptors (Lipinski definition) is 2. The number of nitrogens with zero attached hydrogens (tertiary/aromatic N) is 3. The lowest BCUT2D eigenvalue weighted by atomic mass is 10.1. The number of aryl methyl sites for hydroxylation is 3. The van der Waals surface area contributed by atoms with Crippen LogP contribution in [0.15, 0.2) is 42.7 Å². The first-order valence-electron chi connectivity index (χ1n) is 8.89. The average Bonchev–Trinajstić information content (AvgIpc) is 3.13. The Hall–Kier alpha value is -2.17. The van der Waals surface area contributed by atoms with Crippen LogP contribution in [0.1, 0.15) is 39.7 Å². The Balaban J connectivity index is 0.00000168. The third-order valence-electron chi connectivity index (χ3n) is 5.49. The summed E-state index contributed by atoms with van der Waals surface area (Å²) in [6, 6.07) is 13.4. The molecule has 2 atom stereocenters. The van der Waals surface area contributed by atoms with E-state index in [1.807, 2.05) is 4.68 Å². The highest BCUT2D eigenvalue weighted by molar-refractivity contribution is 5.48. The van der Waals surface area contributed by atoms with Crippen LogP contribution in [-0.4, -0.2) is 15.9 Å². The number of aromatic nitrogens is 3. The van der Waals surface area contributed by atoms with Crippen molar-refractivity contribution in [3.8, 4) is 5.69 Å². The standard InChI is InChI=1S/C21H22N3O.ClH/c1-13-8-14(2)20(15(3)9-13)24-12-23-19(22-24)11-25-18-10-16-6-4-5-7-17(16)21(18)23;/h4-9,12,18,21H,10-11H2,1-3H3;1H/q+1;/p-1/t18-,21?;/m0./s1. The molecule has 0 amide bonds. The van der Waals surface area contributed by atoms with E-state index in [9.17, 15) is 0 Å². The normalized spacial score (nSPS) is 20.1. The van der Waals surface area contributed by atoms with Crippen LogP contribution in [-0.2, 0) is 17.8 Å². The molecule has 1 aliphatic heterocycles. The van der Waals surface area contributed by atoms with Crippen molar-refractivity contribution < 1.29 is 21.7 Å². The topological polar surface area (TPSA) is 30.9 Å². The molecule has 3 aromatic rings. The van der Waals surface area contributed by atoms with Crippen molar-refractivity contribution in [3.63, 3.8) is 0 Å². The van der Waals surface area contributed by atoms with Gasteiger partial charge in [-0.25, -0.2) is 4.57 Å². The smallest absolute Gasteiger partial charge is 0.304 e. The highest BCUT2D eigenvalue weighted by Crippen LogP contribution is 2.35. The minimum Gasteiger partial charge on any atom is -1.00 e. The van der Waals surface area contributed by atoms with Crippen molar-refractivity contribution in [2.75, 3.05) is 0 Å². The lowest BCUT2D eigenvalue weighted by Crippen LogP contribution is -3.00. The molecule has 0 radical (unpaired) electrons. The fourth-order valence-corrected chi connectivity index (χ4v) is 4.56. The van der Waals surface area contributed by atoms with Crippen LogP contribution in [0.25, 0.3) is 5.69 Å². The van der Waals surface area contributed by atoms with Gasteiger partial charge in [-0.15, -0.1) is 0 Å². The average molecular weight is 368 g/mol. The molecule has 2 heterocycles. The second-order valence-corrected chi connectivity index (χ2v) is 7.33. The van der Waals surface area contributed by atoms with Crippen molar-refractivity contribution in [1.82, 2.24) is 9.78 Å². The lowest BCUT2D eigenvalue weighted by Gasteiger charge is -2.23. The van der Waals surface area contributed by atoms with Crippen LogP contribution in [0.3, 0.4) is 0 Å². The van der Waals surface area contributed by atoms with E-state index in [2.05, 4.69) is 68.1 Å². The largest absolute Gasteiger partial charge is 1.00 e.